The molecule has 3 unspecified atom stereocenters. The molecule has 3 atom stereocenters. The van der Waals surface area contributed by atoms with Crippen LogP contribution in [-0.2, 0) is 25.3 Å². The Morgan fingerprint density at radius 2 is 1.87 bits per heavy atom. The van der Waals surface area contributed by atoms with Crippen molar-refractivity contribution in [2.24, 2.45) is 5.92 Å². The molecule has 38 heavy (non-hydrogen) atoms. The molecule has 0 saturated carbocycles. The van der Waals surface area contributed by atoms with Gasteiger partial charge in [-0.15, -0.1) is 0 Å². The van der Waals surface area contributed by atoms with Gasteiger partial charge in [0.05, 0.1) is 13.2 Å². The van der Waals surface area contributed by atoms with Gasteiger partial charge in [0.15, 0.2) is 0 Å². The van der Waals surface area contributed by atoms with E-state index in [-0.39, 0.29) is 30.8 Å². The van der Waals surface area contributed by atoms with E-state index < -0.39 is 24.7 Å². The molecular weight excluding hydrogens is 505 g/mol. The van der Waals surface area contributed by atoms with Crippen LogP contribution in [0.1, 0.15) is 90.7 Å². The zero-order valence-electron chi connectivity index (χ0n) is 23.6. The Bertz CT molecular complexity index is 1140. The summed E-state index contributed by atoms with van der Waals surface area (Å²) < 4.78 is 36.9. The number of aryl methyl sites for hydroxylation is 1. The van der Waals surface area contributed by atoms with E-state index in [1.165, 1.54) is 19.4 Å². The Labute approximate surface area is 226 Å². The second-order valence-electron chi connectivity index (χ2n) is 10.5. The van der Waals surface area contributed by atoms with E-state index in [0.29, 0.717) is 11.5 Å². The Balaban J connectivity index is 2.13. The third kappa shape index (κ3) is 6.70. The highest BCUT2D eigenvalue weighted by molar-refractivity contribution is 7.74. The third-order valence-electron chi connectivity index (χ3n) is 6.92. The topological polar surface area (TPSA) is 100 Å². The van der Waals surface area contributed by atoms with Gasteiger partial charge in [-0.05, 0) is 78.0 Å². The molecule has 9 heteroatoms. The first kappa shape index (κ1) is 30.0. The summed E-state index contributed by atoms with van der Waals surface area (Å²) >= 11 is 0. The van der Waals surface area contributed by atoms with Crippen molar-refractivity contribution in [1.82, 2.24) is 5.09 Å². The summed E-state index contributed by atoms with van der Waals surface area (Å²) in [6, 6.07) is 3.83. The zero-order valence-corrected chi connectivity index (χ0v) is 24.5. The number of esters is 1. The van der Waals surface area contributed by atoms with E-state index in [4.69, 9.17) is 18.7 Å². The number of hydrogen-bond acceptors (Lipinski definition) is 7. The van der Waals surface area contributed by atoms with E-state index in [2.05, 4.69) is 31.6 Å². The summed E-state index contributed by atoms with van der Waals surface area (Å²) in [5.41, 5.74) is 0.359. The number of benzene rings is 1. The molecule has 0 spiro atoms. The molecule has 3 rings (SSSR count). The quantitative estimate of drug-likeness (QED) is 0.125. The smallest absolute Gasteiger partial charge is 0.424 e. The van der Waals surface area contributed by atoms with Crippen LogP contribution in [0.4, 0.5) is 4.79 Å². The highest BCUT2D eigenvalue weighted by Crippen LogP contribution is 2.55. The molecule has 0 fully saturated rings. The van der Waals surface area contributed by atoms with Crippen LogP contribution in [0.3, 0.4) is 0 Å². The molecule has 210 valence electrons. The molecule has 1 aliphatic heterocycles. The van der Waals surface area contributed by atoms with Gasteiger partial charge < -0.3 is 18.7 Å². The fourth-order valence-electron chi connectivity index (χ4n) is 4.98. The van der Waals surface area contributed by atoms with Crippen LogP contribution in [0.25, 0.3) is 0 Å². The van der Waals surface area contributed by atoms with Crippen LogP contribution in [0.15, 0.2) is 36.1 Å². The molecule has 2 aliphatic rings. The Morgan fingerprint density at radius 3 is 2.53 bits per heavy atom. The molecule has 1 aromatic carbocycles. The number of carbonyl (C=O) groups is 2. The normalized spacial score (nSPS) is 20.3. The van der Waals surface area contributed by atoms with Gasteiger partial charge >= 0.3 is 19.2 Å². The van der Waals surface area contributed by atoms with Gasteiger partial charge in [-0.2, -0.15) is 0 Å². The molecule has 1 aliphatic carbocycles. The van der Waals surface area contributed by atoms with Crippen molar-refractivity contribution >= 4 is 19.2 Å². The molecule has 8 nitrogen and oxygen atoms in total. The molecule has 0 bridgehead atoms. The van der Waals surface area contributed by atoms with E-state index in [1.807, 2.05) is 12.1 Å². The molecule has 0 amide bonds. The van der Waals surface area contributed by atoms with Crippen molar-refractivity contribution in [3.8, 4) is 11.5 Å². The maximum absolute atomic E-state index is 14.3. The molecule has 0 aromatic heterocycles. The van der Waals surface area contributed by atoms with Crippen molar-refractivity contribution in [3.05, 3.63) is 47.2 Å². The standard InChI is InChI=1S/C29H42NO7P/c1-8-11-12-13-21-17-24-26(23-16-19(4)14-15-22(23)20(5)36-24)25(18-21)37-38(33,28(32)35-10-3)30-29(6,7)27(31)34-9-2/h16-18,22-23H,5,8-15H2,1-4,6-7H3,(H,30,33). The van der Waals surface area contributed by atoms with Crippen molar-refractivity contribution < 1.29 is 32.9 Å². The second-order valence-corrected chi connectivity index (χ2v) is 12.4. The van der Waals surface area contributed by atoms with Crippen LogP contribution in [0.5, 0.6) is 11.5 Å². The Kier molecular flexibility index (Phi) is 9.88. The Morgan fingerprint density at radius 1 is 1.16 bits per heavy atom. The summed E-state index contributed by atoms with van der Waals surface area (Å²) in [7, 11) is -4.43. The number of allylic oxidation sites excluding steroid dienone is 3. The second kappa shape index (κ2) is 12.5. The van der Waals surface area contributed by atoms with E-state index in [1.54, 1.807) is 13.8 Å². The van der Waals surface area contributed by atoms with Crippen LogP contribution in [0.2, 0.25) is 0 Å². The minimum absolute atomic E-state index is 0.00156. The van der Waals surface area contributed by atoms with Gasteiger partial charge in [0.2, 0.25) is 0 Å². The van der Waals surface area contributed by atoms with Gasteiger partial charge in [-0.1, -0.05) is 38.0 Å². The first-order chi connectivity index (χ1) is 18.0. The van der Waals surface area contributed by atoms with Crippen molar-refractivity contribution in [3.63, 3.8) is 0 Å². The fourth-order valence-corrected chi connectivity index (χ4v) is 6.74. The Hall–Kier alpha value is -2.57. The number of fused-ring (bicyclic) bond motifs is 3. The minimum atomic E-state index is -4.43. The minimum Gasteiger partial charge on any atom is -0.465 e. The highest BCUT2D eigenvalue weighted by atomic mass is 31.2. The molecule has 1 aromatic rings. The number of ether oxygens (including phenoxy) is 3. The third-order valence-corrected chi connectivity index (χ3v) is 8.83. The average molecular weight is 548 g/mol. The van der Waals surface area contributed by atoms with Crippen molar-refractivity contribution in [1.29, 1.82) is 0 Å². The molecule has 1 N–H and O–H groups in total. The fraction of sp³-hybridized carbons (Fsp3) is 0.586. The molecule has 1 heterocycles. The number of carbonyl (C=O) groups excluding carboxylic acids is 2. The lowest BCUT2D eigenvalue weighted by atomic mass is 9.74. The monoisotopic (exact) mass is 547 g/mol. The number of unbranched alkanes of at least 4 members (excludes halogenated alkanes) is 2. The zero-order chi connectivity index (χ0) is 28.1. The van der Waals surface area contributed by atoms with E-state index >= 15 is 0 Å². The van der Waals surface area contributed by atoms with Crippen molar-refractivity contribution in [2.45, 2.75) is 91.5 Å². The summed E-state index contributed by atoms with van der Waals surface area (Å²) in [5.74, 6) is 0.836. The summed E-state index contributed by atoms with van der Waals surface area (Å²) in [5, 5.41) is 2.67. The van der Waals surface area contributed by atoms with Crippen LogP contribution in [0, 0.1) is 5.92 Å². The first-order valence-electron chi connectivity index (χ1n) is 13.6. The molecule has 0 radical (unpaired) electrons. The summed E-state index contributed by atoms with van der Waals surface area (Å²) in [6.07, 6.45) is 7.83. The lowest BCUT2D eigenvalue weighted by Crippen LogP contribution is -2.47. The predicted octanol–water partition coefficient (Wildman–Crippen LogP) is 7.43. The maximum Gasteiger partial charge on any atom is 0.424 e. The van der Waals surface area contributed by atoms with Gasteiger partial charge in [0.1, 0.15) is 22.8 Å². The largest absolute Gasteiger partial charge is 0.465 e. The molecular formula is C29H42NO7P. The summed E-state index contributed by atoms with van der Waals surface area (Å²) in [6.45, 7) is 14.8. The van der Waals surface area contributed by atoms with Crippen molar-refractivity contribution in [2.75, 3.05) is 13.2 Å². The average Bonchev–Trinajstić information content (AvgIpc) is 2.83. The van der Waals surface area contributed by atoms with Crippen LogP contribution >= 0.6 is 7.52 Å². The lowest BCUT2D eigenvalue weighted by Gasteiger charge is -2.38. The highest BCUT2D eigenvalue weighted by Gasteiger charge is 2.47. The predicted molar refractivity (Wildman–Crippen MR) is 148 cm³/mol. The first-order valence-corrected chi connectivity index (χ1v) is 15.2. The van der Waals surface area contributed by atoms with Gasteiger partial charge in [-0.3, -0.25) is 4.79 Å². The van der Waals surface area contributed by atoms with Gasteiger partial charge in [0.25, 0.3) is 0 Å². The summed E-state index contributed by atoms with van der Waals surface area (Å²) in [4.78, 5) is 25.7. The number of nitrogens with one attached hydrogen (secondary N) is 1. The number of rotatable bonds is 12. The maximum atomic E-state index is 14.3. The van der Waals surface area contributed by atoms with Gasteiger partial charge in [-0.25, -0.2) is 14.4 Å². The number of hydrogen-bond donors (Lipinski definition) is 1. The van der Waals surface area contributed by atoms with E-state index in [0.717, 1.165) is 49.7 Å². The SMILES string of the molecule is C=C1Oc2cc(CCCCC)cc(OP(=O)(NC(C)(C)C(=O)OCC)C(=O)OCC)c2C2C=C(C)CCC12. The van der Waals surface area contributed by atoms with Gasteiger partial charge in [0, 0.05) is 17.4 Å². The van der Waals surface area contributed by atoms with Crippen LogP contribution in [-0.4, -0.2) is 30.4 Å². The molecule has 0 saturated heterocycles. The van der Waals surface area contributed by atoms with Crippen LogP contribution < -0.4 is 14.3 Å². The van der Waals surface area contributed by atoms with E-state index in [9.17, 15) is 14.2 Å². The lowest BCUT2D eigenvalue weighted by molar-refractivity contribution is -0.149.